The Balaban J connectivity index is 0.000000921. The lowest BCUT2D eigenvalue weighted by atomic mass is 10.2. The summed E-state index contributed by atoms with van der Waals surface area (Å²) in [7, 11) is 1.99. The minimum atomic E-state index is 0.967. The van der Waals surface area contributed by atoms with E-state index in [0.717, 1.165) is 30.9 Å². The van der Waals surface area contributed by atoms with Crippen molar-refractivity contribution in [2.24, 2.45) is 7.05 Å². The largest absolute Gasteiger partial charge is 0.318 e. The first kappa shape index (κ1) is 13.7. The topological polar surface area (TPSA) is 30.7 Å². The van der Waals surface area contributed by atoms with Crippen LogP contribution in [0.15, 0.2) is 18.4 Å². The molecule has 84 valence electrons. The van der Waals surface area contributed by atoms with Crippen molar-refractivity contribution in [3.05, 3.63) is 30.0 Å². The first-order chi connectivity index (χ1) is 7.25. The van der Waals surface area contributed by atoms with E-state index in [1.807, 2.05) is 38.5 Å². The summed E-state index contributed by atoms with van der Waals surface area (Å²) < 4.78 is 2.03. The zero-order valence-electron chi connectivity index (χ0n) is 10.2. The molecule has 0 atom stereocenters. The second-order valence-corrected chi connectivity index (χ2v) is 3.02. The Bertz CT molecular complexity index is 320. The molecule has 1 aromatic heterocycles. The molecule has 1 rings (SSSR count). The molecule has 0 saturated carbocycles. The molecule has 0 bridgehead atoms. The maximum atomic E-state index is 4.08. The fourth-order valence-corrected chi connectivity index (χ4v) is 1.13. The van der Waals surface area contributed by atoms with E-state index in [1.54, 1.807) is 0 Å². The van der Waals surface area contributed by atoms with Crippen LogP contribution < -0.4 is 0 Å². The SMILES string of the molecule is C=C=CCCCc1nnc(C)n1C.CC. The van der Waals surface area contributed by atoms with Crippen LogP contribution in [0, 0.1) is 6.92 Å². The first-order valence-corrected chi connectivity index (χ1v) is 5.45. The van der Waals surface area contributed by atoms with E-state index in [9.17, 15) is 0 Å². The summed E-state index contributed by atoms with van der Waals surface area (Å²) in [5.74, 6) is 2.02. The van der Waals surface area contributed by atoms with Crippen LogP contribution in [0.4, 0.5) is 0 Å². The average molecular weight is 207 g/mol. The van der Waals surface area contributed by atoms with Crippen molar-refractivity contribution in [1.82, 2.24) is 14.8 Å². The summed E-state index contributed by atoms with van der Waals surface area (Å²) >= 11 is 0. The van der Waals surface area contributed by atoms with Gasteiger partial charge in [-0.1, -0.05) is 20.4 Å². The summed E-state index contributed by atoms with van der Waals surface area (Å²) in [6, 6.07) is 0. The molecule has 0 N–H and O–H groups in total. The number of nitrogens with zero attached hydrogens (tertiary/aromatic N) is 3. The van der Waals surface area contributed by atoms with Gasteiger partial charge in [0.1, 0.15) is 11.6 Å². The quantitative estimate of drug-likeness (QED) is 0.561. The summed E-state index contributed by atoms with van der Waals surface area (Å²) in [6.07, 6.45) is 5.00. The summed E-state index contributed by atoms with van der Waals surface area (Å²) in [5.41, 5.74) is 2.76. The third-order valence-corrected chi connectivity index (χ3v) is 2.08. The Morgan fingerprint density at radius 1 is 1.40 bits per heavy atom. The van der Waals surface area contributed by atoms with E-state index in [4.69, 9.17) is 0 Å². The Labute approximate surface area is 92.5 Å². The van der Waals surface area contributed by atoms with E-state index in [-0.39, 0.29) is 0 Å². The molecule has 1 heterocycles. The third-order valence-electron chi connectivity index (χ3n) is 2.08. The highest BCUT2D eigenvalue weighted by Gasteiger charge is 2.02. The van der Waals surface area contributed by atoms with Gasteiger partial charge in [0.25, 0.3) is 0 Å². The predicted octanol–water partition coefficient (Wildman–Crippen LogP) is 2.81. The first-order valence-electron chi connectivity index (χ1n) is 5.45. The minimum absolute atomic E-state index is 0.967. The molecule has 0 spiro atoms. The molecule has 3 nitrogen and oxygen atoms in total. The lowest BCUT2D eigenvalue weighted by Crippen LogP contribution is -1.99. The van der Waals surface area contributed by atoms with Gasteiger partial charge in [-0.25, -0.2) is 0 Å². The Morgan fingerprint density at radius 3 is 2.53 bits per heavy atom. The second kappa shape index (κ2) is 8.01. The molecule has 0 saturated heterocycles. The van der Waals surface area contributed by atoms with Gasteiger partial charge in [-0.15, -0.1) is 15.9 Å². The molecule has 3 heteroatoms. The van der Waals surface area contributed by atoms with Gasteiger partial charge in [0.2, 0.25) is 0 Å². The van der Waals surface area contributed by atoms with Crippen molar-refractivity contribution >= 4 is 0 Å². The van der Waals surface area contributed by atoms with Crippen molar-refractivity contribution in [2.75, 3.05) is 0 Å². The highest BCUT2D eigenvalue weighted by atomic mass is 15.3. The van der Waals surface area contributed by atoms with Gasteiger partial charge in [0, 0.05) is 13.5 Å². The zero-order chi connectivity index (χ0) is 11.7. The van der Waals surface area contributed by atoms with Crippen molar-refractivity contribution in [3.8, 4) is 0 Å². The summed E-state index contributed by atoms with van der Waals surface area (Å²) in [4.78, 5) is 0. The standard InChI is InChI=1S/C10H15N3.C2H6/c1-4-5-6-7-8-10-12-11-9(2)13(10)3;1-2/h5H,1,6-8H2,2-3H3;1-2H3. The maximum Gasteiger partial charge on any atom is 0.132 e. The monoisotopic (exact) mass is 207 g/mol. The number of hydrogen-bond acceptors (Lipinski definition) is 2. The normalized spacial score (nSPS) is 8.80. The number of rotatable bonds is 4. The van der Waals surface area contributed by atoms with E-state index in [0.29, 0.717) is 0 Å². The van der Waals surface area contributed by atoms with Gasteiger partial charge < -0.3 is 4.57 Å². The summed E-state index contributed by atoms with van der Waals surface area (Å²) in [5, 5.41) is 8.07. The molecule has 0 fully saturated rings. The van der Waals surface area contributed by atoms with Crippen LogP contribution in [0.25, 0.3) is 0 Å². The van der Waals surface area contributed by atoms with Crippen molar-refractivity contribution in [3.63, 3.8) is 0 Å². The van der Waals surface area contributed by atoms with Crippen molar-refractivity contribution in [2.45, 2.75) is 40.0 Å². The highest BCUT2D eigenvalue weighted by molar-refractivity contribution is 4.92. The van der Waals surface area contributed by atoms with Crippen LogP contribution >= 0.6 is 0 Å². The molecule has 1 aromatic rings. The van der Waals surface area contributed by atoms with Crippen molar-refractivity contribution in [1.29, 1.82) is 0 Å². The van der Waals surface area contributed by atoms with Gasteiger partial charge in [0.15, 0.2) is 0 Å². The van der Waals surface area contributed by atoms with Crippen molar-refractivity contribution < 1.29 is 0 Å². The molecule has 0 unspecified atom stereocenters. The molecule has 0 amide bonds. The highest BCUT2D eigenvalue weighted by Crippen LogP contribution is 2.03. The zero-order valence-corrected chi connectivity index (χ0v) is 10.2. The molecular weight excluding hydrogens is 186 g/mol. The number of allylic oxidation sites excluding steroid dienone is 1. The number of unbranched alkanes of at least 4 members (excludes halogenated alkanes) is 1. The average Bonchev–Trinajstić information content (AvgIpc) is 2.59. The Morgan fingerprint density at radius 2 is 2.07 bits per heavy atom. The molecular formula is C12H21N3. The van der Waals surface area contributed by atoms with Crippen LogP contribution in [0.3, 0.4) is 0 Å². The molecule has 0 radical (unpaired) electrons. The molecule has 15 heavy (non-hydrogen) atoms. The van der Waals surface area contributed by atoms with Gasteiger partial charge in [-0.3, -0.25) is 0 Å². The Hall–Kier alpha value is -1.34. The fraction of sp³-hybridized carbons (Fsp3) is 0.583. The predicted molar refractivity (Wildman–Crippen MR) is 63.7 cm³/mol. The van der Waals surface area contributed by atoms with Crippen LogP contribution in [0.1, 0.15) is 38.3 Å². The summed E-state index contributed by atoms with van der Waals surface area (Å²) in [6.45, 7) is 9.47. The lowest BCUT2D eigenvalue weighted by molar-refractivity contribution is 0.722. The van der Waals surface area contributed by atoms with Gasteiger partial charge >= 0.3 is 0 Å². The number of aryl methyl sites for hydroxylation is 2. The van der Waals surface area contributed by atoms with Crippen LogP contribution in [0.5, 0.6) is 0 Å². The minimum Gasteiger partial charge on any atom is -0.318 e. The van der Waals surface area contributed by atoms with E-state index < -0.39 is 0 Å². The number of hydrogen-bond donors (Lipinski definition) is 0. The van der Waals surface area contributed by atoms with Gasteiger partial charge in [-0.05, 0) is 25.8 Å². The maximum absolute atomic E-state index is 4.08. The molecule has 0 aliphatic carbocycles. The van der Waals surface area contributed by atoms with Crippen LogP contribution in [0.2, 0.25) is 0 Å². The lowest BCUT2D eigenvalue weighted by Gasteiger charge is -1.98. The molecule has 0 aliphatic heterocycles. The van der Waals surface area contributed by atoms with E-state index in [1.165, 1.54) is 0 Å². The Kier molecular flexibility index (Phi) is 7.29. The van der Waals surface area contributed by atoms with E-state index in [2.05, 4.69) is 22.5 Å². The third kappa shape index (κ3) is 4.61. The number of aromatic nitrogens is 3. The fourth-order valence-electron chi connectivity index (χ4n) is 1.13. The smallest absolute Gasteiger partial charge is 0.132 e. The van der Waals surface area contributed by atoms with Gasteiger partial charge in [-0.2, -0.15) is 0 Å². The van der Waals surface area contributed by atoms with Crippen LogP contribution in [-0.4, -0.2) is 14.8 Å². The molecule has 0 aromatic carbocycles. The van der Waals surface area contributed by atoms with Crippen LogP contribution in [-0.2, 0) is 13.5 Å². The van der Waals surface area contributed by atoms with Gasteiger partial charge in [0.05, 0.1) is 0 Å². The second-order valence-electron chi connectivity index (χ2n) is 3.02. The van der Waals surface area contributed by atoms with E-state index >= 15 is 0 Å². The molecule has 0 aliphatic rings.